The van der Waals surface area contributed by atoms with Gasteiger partial charge in [0.05, 0.1) is 0 Å². The molecule has 0 aromatic heterocycles. The van der Waals surface area contributed by atoms with Crippen molar-refractivity contribution in [2.45, 2.75) is 53.0 Å². The van der Waals surface area contributed by atoms with E-state index in [2.05, 4.69) is 65.1 Å². The van der Waals surface area contributed by atoms with Crippen molar-refractivity contribution in [2.24, 2.45) is 0 Å². The summed E-state index contributed by atoms with van der Waals surface area (Å²) in [5, 5.41) is 3.52. The first-order valence-electron chi connectivity index (χ1n) is 6.14. The van der Waals surface area contributed by atoms with Crippen LogP contribution in [0.4, 0.5) is 0 Å². The molecule has 90 valence electrons. The van der Waals surface area contributed by atoms with Gasteiger partial charge in [-0.25, -0.2) is 0 Å². The smallest absolute Gasteiger partial charge is 0.00455 e. The topological polar surface area (TPSA) is 12.0 Å². The Hall–Kier alpha value is -0.820. The molecular weight excluding hydrogens is 194 g/mol. The standard InChI is InChI=1S/C15H25N/c1-11(2)16-10-15(5,6)14-8-7-12(3)13(4)9-14/h7-9,11,16H,10H2,1-6H3. The molecule has 0 bridgehead atoms. The first-order valence-corrected chi connectivity index (χ1v) is 6.14. The third kappa shape index (κ3) is 3.34. The number of nitrogens with one attached hydrogen (secondary N) is 1. The summed E-state index contributed by atoms with van der Waals surface area (Å²) in [4.78, 5) is 0. The molecule has 0 saturated heterocycles. The van der Waals surface area contributed by atoms with Gasteiger partial charge in [0, 0.05) is 18.0 Å². The molecule has 1 aromatic carbocycles. The van der Waals surface area contributed by atoms with Crippen molar-refractivity contribution in [3.63, 3.8) is 0 Å². The van der Waals surface area contributed by atoms with Crippen molar-refractivity contribution < 1.29 is 0 Å². The molecular formula is C15H25N. The molecule has 0 aliphatic heterocycles. The molecule has 0 saturated carbocycles. The number of benzene rings is 1. The molecule has 0 aliphatic rings. The average Bonchev–Trinajstić information content (AvgIpc) is 2.19. The van der Waals surface area contributed by atoms with Gasteiger partial charge in [-0.05, 0) is 30.5 Å². The molecule has 0 spiro atoms. The minimum Gasteiger partial charge on any atom is -0.314 e. The lowest BCUT2D eigenvalue weighted by Crippen LogP contribution is -2.36. The fraction of sp³-hybridized carbons (Fsp3) is 0.600. The maximum Gasteiger partial charge on any atom is 0.00455 e. The van der Waals surface area contributed by atoms with Crippen molar-refractivity contribution in [1.29, 1.82) is 0 Å². The van der Waals surface area contributed by atoms with E-state index in [9.17, 15) is 0 Å². The molecule has 0 radical (unpaired) electrons. The van der Waals surface area contributed by atoms with E-state index in [1.54, 1.807) is 0 Å². The molecule has 1 aromatic rings. The predicted molar refractivity (Wildman–Crippen MR) is 72.1 cm³/mol. The fourth-order valence-electron chi connectivity index (χ4n) is 1.72. The van der Waals surface area contributed by atoms with Crippen LogP contribution in [-0.4, -0.2) is 12.6 Å². The third-order valence-corrected chi connectivity index (χ3v) is 3.24. The summed E-state index contributed by atoms with van der Waals surface area (Å²) >= 11 is 0. The lowest BCUT2D eigenvalue weighted by atomic mass is 9.83. The summed E-state index contributed by atoms with van der Waals surface area (Å²) in [6.07, 6.45) is 0. The molecule has 1 N–H and O–H groups in total. The number of rotatable bonds is 4. The Balaban J connectivity index is 2.84. The van der Waals surface area contributed by atoms with Crippen LogP contribution in [0.25, 0.3) is 0 Å². The molecule has 0 heterocycles. The van der Waals surface area contributed by atoms with Crippen LogP contribution in [0.3, 0.4) is 0 Å². The molecule has 0 fully saturated rings. The van der Waals surface area contributed by atoms with Gasteiger partial charge in [-0.1, -0.05) is 45.9 Å². The first-order chi connectivity index (χ1) is 7.33. The molecule has 16 heavy (non-hydrogen) atoms. The SMILES string of the molecule is Cc1ccc(C(C)(C)CNC(C)C)cc1C. The Bertz CT molecular complexity index is 350. The van der Waals surface area contributed by atoms with Crippen molar-refractivity contribution in [3.8, 4) is 0 Å². The van der Waals surface area contributed by atoms with Gasteiger partial charge in [-0.2, -0.15) is 0 Å². The summed E-state index contributed by atoms with van der Waals surface area (Å²) in [6.45, 7) is 14.3. The zero-order chi connectivity index (χ0) is 12.3. The fourth-order valence-corrected chi connectivity index (χ4v) is 1.72. The summed E-state index contributed by atoms with van der Waals surface area (Å²) in [5.41, 5.74) is 4.37. The summed E-state index contributed by atoms with van der Waals surface area (Å²) in [5.74, 6) is 0. The van der Waals surface area contributed by atoms with Gasteiger partial charge in [0.2, 0.25) is 0 Å². The molecule has 1 heteroatoms. The molecule has 0 unspecified atom stereocenters. The van der Waals surface area contributed by atoms with Gasteiger partial charge < -0.3 is 5.32 Å². The van der Waals surface area contributed by atoms with Crippen LogP contribution in [0.15, 0.2) is 18.2 Å². The van der Waals surface area contributed by atoms with E-state index >= 15 is 0 Å². The number of aryl methyl sites for hydroxylation is 2. The van der Waals surface area contributed by atoms with E-state index < -0.39 is 0 Å². The Labute approximate surface area is 100 Å². The van der Waals surface area contributed by atoms with Crippen LogP contribution in [0.2, 0.25) is 0 Å². The maximum absolute atomic E-state index is 3.52. The lowest BCUT2D eigenvalue weighted by molar-refractivity contribution is 0.441. The zero-order valence-corrected chi connectivity index (χ0v) is 11.5. The lowest BCUT2D eigenvalue weighted by Gasteiger charge is -2.27. The largest absolute Gasteiger partial charge is 0.314 e. The predicted octanol–water partition coefficient (Wildman–Crippen LogP) is 3.58. The number of hydrogen-bond donors (Lipinski definition) is 1. The highest BCUT2D eigenvalue weighted by molar-refractivity contribution is 5.34. The Kier molecular flexibility index (Phi) is 4.15. The van der Waals surface area contributed by atoms with Gasteiger partial charge in [0.15, 0.2) is 0 Å². The van der Waals surface area contributed by atoms with Gasteiger partial charge in [0.1, 0.15) is 0 Å². The molecule has 0 amide bonds. The highest BCUT2D eigenvalue weighted by Crippen LogP contribution is 2.24. The van der Waals surface area contributed by atoms with Crippen LogP contribution < -0.4 is 5.32 Å². The average molecular weight is 219 g/mol. The van der Waals surface area contributed by atoms with Crippen LogP contribution in [0.1, 0.15) is 44.4 Å². The van der Waals surface area contributed by atoms with E-state index in [1.165, 1.54) is 16.7 Å². The van der Waals surface area contributed by atoms with E-state index in [-0.39, 0.29) is 5.41 Å². The highest BCUT2D eigenvalue weighted by atomic mass is 14.9. The molecule has 1 nitrogen and oxygen atoms in total. The number of hydrogen-bond acceptors (Lipinski definition) is 1. The molecule has 0 atom stereocenters. The Morgan fingerprint density at radius 1 is 1.12 bits per heavy atom. The van der Waals surface area contributed by atoms with Gasteiger partial charge in [-0.15, -0.1) is 0 Å². The first kappa shape index (κ1) is 13.2. The van der Waals surface area contributed by atoms with Crippen LogP contribution in [0, 0.1) is 13.8 Å². The normalized spacial score (nSPS) is 12.2. The summed E-state index contributed by atoms with van der Waals surface area (Å²) < 4.78 is 0. The Morgan fingerprint density at radius 3 is 2.25 bits per heavy atom. The van der Waals surface area contributed by atoms with E-state index in [0.717, 1.165) is 6.54 Å². The van der Waals surface area contributed by atoms with Crippen molar-refractivity contribution in [3.05, 3.63) is 34.9 Å². The van der Waals surface area contributed by atoms with Crippen LogP contribution in [-0.2, 0) is 5.41 Å². The van der Waals surface area contributed by atoms with Crippen molar-refractivity contribution in [2.75, 3.05) is 6.54 Å². The molecule has 0 aliphatic carbocycles. The second kappa shape index (κ2) is 5.01. The van der Waals surface area contributed by atoms with Gasteiger partial charge >= 0.3 is 0 Å². The van der Waals surface area contributed by atoms with Crippen molar-refractivity contribution >= 4 is 0 Å². The second-order valence-electron chi connectivity index (χ2n) is 5.72. The van der Waals surface area contributed by atoms with Crippen LogP contribution >= 0.6 is 0 Å². The van der Waals surface area contributed by atoms with E-state index in [4.69, 9.17) is 0 Å². The highest BCUT2D eigenvalue weighted by Gasteiger charge is 2.20. The van der Waals surface area contributed by atoms with Gasteiger partial charge in [-0.3, -0.25) is 0 Å². The summed E-state index contributed by atoms with van der Waals surface area (Å²) in [7, 11) is 0. The Morgan fingerprint density at radius 2 is 1.75 bits per heavy atom. The minimum absolute atomic E-state index is 0.197. The zero-order valence-electron chi connectivity index (χ0n) is 11.5. The van der Waals surface area contributed by atoms with Crippen molar-refractivity contribution in [1.82, 2.24) is 5.32 Å². The van der Waals surface area contributed by atoms with E-state index in [0.29, 0.717) is 6.04 Å². The molecule has 1 rings (SSSR count). The quantitative estimate of drug-likeness (QED) is 0.816. The minimum atomic E-state index is 0.197. The second-order valence-corrected chi connectivity index (χ2v) is 5.72. The summed E-state index contributed by atoms with van der Waals surface area (Å²) in [6, 6.07) is 7.34. The maximum atomic E-state index is 3.52. The van der Waals surface area contributed by atoms with Gasteiger partial charge in [0.25, 0.3) is 0 Å². The van der Waals surface area contributed by atoms with Crippen LogP contribution in [0.5, 0.6) is 0 Å². The third-order valence-electron chi connectivity index (χ3n) is 3.24. The monoisotopic (exact) mass is 219 g/mol. The van der Waals surface area contributed by atoms with E-state index in [1.807, 2.05) is 0 Å².